The maximum Gasteiger partial charge on any atom is 0.303 e. The lowest BCUT2D eigenvalue weighted by molar-refractivity contribution is -0.185. The topological polar surface area (TPSA) is 131 Å². The molecule has 0 radical (unpaired) electrons. The number of fused-ring (bicyclic) bond motifs is 6. The second-order valence-corrected chi connectivity index (χ2v) is 14.2. The summed E-state index contributed by atoms with van der Waals surface area (Å²) in [5, 5.41) is 19.2. The van der Waals surface area contributed by atoms with Crippen molar-refractivity contribution in [3.63, 3.8) is 0 Å². The minimum atomic E-state index is -0.990. The van der Waals surface area contributed by atoms with E-state index >= 15 is 0 Å². The Kier molecular flexibility index (Phi) is 8.05. The van der Waals surface area contributed by atoms with E-state index in [1.807, 2.05) is 36.4 Å². The first-order valence-electron chi connectivity index (χ1n) is 16.4. The zero-order valence-corrected chi connectivity index (χ0v) is 27.6. The van der Waals surface area contributed by atoms with Gasteiger partial charge in [-0.2, -0.15) is 0 Å². The van der Waals surface area contributed by atoms with Crippen molar-refractivity contribution in [3.8, 4) is 22.8 Å². The van der Waals surface area contributed by atoms with Crippen LogP contribution in [0.4, 0.5) is 0 Å². The smallest absolute Gasteiger partial charge is 0.303 e. The van der Waals surface area contributed by atoms with Gasteiger partial charge in [-0.3, -0.25) is 19.2 Å². The van der Waals surface area contributed by atoms with E-state index in [4.69, 9.17) is 9.15 Å². The van der Waals surface area contributed by atoms with Crippen LogP contribution in [-0.4, -0.2) is 33.3 Å². The van der Waals surface area contributed by atoms with Crippen LogP contribution in [0.25, 0.3) is 22.3 Å². The van der Waals surface area contributed by atoms with E-state index in [1.165, 1.54) is 30.2 Å². The van der Waals surface area contributed by atoms with Gasteiger partial charge in [0.15, 0.2) is 22.6 Å². The van der Waals surface area contributed by atoms with Crippen molar-refractivity contribution in [3.05, 3.63) is 82.1 Å². The van der Waals surface area contributed by atoms with Crippen LogP contribution >= 0.6 is 0 Å². The molecule has 8 nitrogen and oxygen atoms in total. The number of phenolic OH excluding ortho intramolecular Hbond substituents is 2. The first kappa shape index (κ1) is 32.5. The van der Waals surface area contributed by atoms with E-state index in [0.717, 1.165) is 37.3 Å². The normalized spacial score (nSPS) is 30.9. The molecule has 7 rings (SSSR count). The number of hydrogen-bond donors (Lipinski definition) is 2. The number of hydrogen-bond acceptors (Lipinski definition) is 8. The number of aromatic hydroxyl groups is 2. The molecule has 6 atom stereocenters. The number of carbonyl (C=O) groups is 3. The van der Waals surface area contributed by atoms with Crippen LogP contribution in [0, 0.1) is 28.6 Å². The Labute approximate surface area is 274 Å². The highest BCUT2D eigenvalue weighted by molar-refractivity contribution is 5.93. The number of allylic oxidation sites excluding steroid dienone is 4. The van der Waals surface area contributed by atoms with Gasteiger partial charge in [0, 0.05) is 42.5 Å². The molecule has 1 aromatic heterocycles. The fraction of sp³-hybridized carbons (Fsp3) is 0.436. The summed E-state index contributed by atoms with van der Waals surface area (Å²) in [5.41, 5.74) is 1.71. The summed E-state index contributed by atoms with van der Waals surface area (Å²) in [6.45, 7) is 9.63. The van der Waals surface area contributed by atoms with Crippen molar-refractivity contribution in [2.45, 2.75) is 78.7 Å². The predicted molar refractivity (Wildman–Crippen MR) is 178 cm³/mol. The molecule has 4 aliphatic carbocycles. The Hall–Kier alpha value is -4.46. The zero-order valence-electron chi connectivity index (χ0n) is 27.6. The van der Waals surface area contributed by atoms with E-state index in [1.54, 1.807) is 6.92 Å². The molecule has 8 heteroatoms. The Morgan fingerprint density at radius 1 is 0.936 bits per heavy atom. The van der Waals surface area contributed by atoms with Gasteiger partial charge in [-0.15, -0.1) is 0 Å². The Morgan fingerprint density at radius 3 is 2.32 bits per heavy atom. The van der Waals surface area contributed by atoms with Crippen molar-refractivity contribution in [2.24, 2.45) is 28.6 Å². The van der Waals surface area contributed by atoms with Crippen LogP contribution < -0.4 is 5.43 Å². The fourth-order valence-corrected chi connectivity index (χ4v) is 9.48. The van der Waals surface area contributed by atoms with E-state index in [0.29, 0.717) is 36.4 Å². The molecule has 0 aliphatic heterocycles. The van der Waals surface area contributed by atoms with Gasteiger partial charge in [-0.1, -0.05) is 55.8 Å². The summed E-state index contributed by atoms with van der Waals surface area (Å²) in [6.07, 6.45) is 9.20. The number of carbonyl (C=O) groups excluding carboxylic acids is 3. The monoisotopic (exact) mass is 638 g/mol. The third kappa shape index (κ3) is 5.22. The van der Waals surface area contributed by atoms with Gasteiger partial charge >= 0.3 is 5.97 Å². The van der Waals surface area contributed by atoms with Gasteiger partial charge in [0.05, 0.1) is 0 Å². The highest BCUT2D eigenvalue weighted by atomic mass is 16.6. The van der Waals surface area contributed by atoms with Gasteiger partial charge in [-0.25, -0.2) is 0 Å². The first-order chi connectivity index (χ1) is 22.2. The van der Waals surface area contributed by atoms with Crippen molar-refractivity contribution in [1.82, 2.24) is 0 Å². The van der Waals surface area contributed by atoms with Gasteiger partial charge < -0.3 is 19.4 Å². The van der Waals surface area contributed by atoms with Crippen molar-refractivity contribution in [1.29, 1.82) is 0 Å². The van der Waals surface area contributed by atoms with E-state index in [2.05, 4.69) is 26.8 Å². The van der Waals surface area contributed by atoms with Gasteiger partial charge in [0.2, 0.25) is 0 Å². The summed E-state index contributed by atoms with van der Waals surface area (Å²) in [5.74, 6) is 0.978. The second kappa shape index (κ2) is 11.7. The SMILES string of the molecule is CC(=O)OC1(C(C)=O)CCC2C3C=C(C)C4=CC(=O)CCC4(C)C3CCC21C.O=c1cc(-c2ccccc2)oc2cc(O)cc(O)c12. The minimum absolute atomic E-state index is 0.0160. The molecule has 246 valence electrons. The minimum Gasteiger partial charge on any atom is -0.508 e. The number of ether oxygens (including phenoxy) is 1. The average molecular weight is 639 g/mol. The van der Waals surface area contributed by atoms with Crippen molar-refractivity contribution >= 4 is 28.5 Å². The fourth-order valence-electron chi connectivity index (χ4n) is 9.48. The summed E-state index contributed by atoms with van der Waals surface area (Å²) in [6, 6.07) is 12.9. The van der Waals surface area contributed by atoms with Gasteiger partial charge in [0.1, 0.15) is 28.2 Å². The molecule has 4 aliphatic rings. The van der Waals surface area contributed by atoms with Crippen molar-refractivity contribution in [2.75, 3.05) is 0 Å². The highest BCUT2D eigenvalue weighted by Crippen LogP contribution is 2.67. The maximum atomic E-state index is 12.8. The molecule has 0 spiro atoms. The lowest BCUT2D eigenvalue weighted by Crippen LogP contribution is -2.58. The maximum absolute atomic E-state index is 12.8. The first-order valence-corrected chi connectivity index (χ1v) is 16.4. The quantitative estimate of drug-likeness (QED) is 0.283. The number of benzene rings is 2. The number of ketones is 2. The van der Waals surface area contributed by atoms with Gasteiger partial charge in [0.25, 0.3) is 0 Å². The molecule has 2 saturated carbocycles. The average Bonchev–Trinajstić information content (AvgIpc) is 3.31. The predicted octanol–water partition coefficient (Wildman–Crippen LogP) is 7.45. The lowest BCUT2D eigenvalue weighted by Gasteiger charge is -2.58. The second-order valence-electron chi connectivity index (χ2n) is 14.2. The highest BCUT2D eigenvalue weighted by Gasteiger charge is 2.67. The summed E-state index contributed by atoms with van der Waals surface area (Å²) >= 11 is 0. The molecule has 0 bridgehead atoms. The van der Waals surface area contributed by atoms with Crippen LogP contribution in [0.15, 0.2) is 81.0 Å². The van der Waals surface area contributed by atoms with E-state index in [9.17, 15) is 29.4 Å². The zero-order chi connectivity index (χ0) is 33.9. The Balaban J connectivity index is 0.000000177. The van der Waals surface area contributed by atoms with Crippen LogP contribution in [0.5, 0.6) is 11.5 Å². The summed E-state index contributed by atoms with van der Waals surface area (Å²) in [7, 11) is 0. The Bertz CT molecular complexity index is 1900. The number of rotatable bonds is 3. The van der Waals surface area contributed by atoms with Crippen LogP contribution in [0.2, 0.25) is 0 Å². The van der Waals surface area contributed by atoms with E-state index < -0.39 is 5.60 Å². The molecule has 2 aromatic carbocycles. The lowest BCUT2D eigenvalue weighted by atomic mass is 9.47. The largest absolute Gasteiger partial charge is 0.508 e. The van der Waals surface area contributed by atoms with Crippen molar-refractivity contribution < 1.29 is 33.8 Å². The standard InChI is InChI=1S/C24H32O4.C15H10O4/c1-14-12-18-19(22(4)9-6-17(27)13-21(14)22)7-10-23(5)20(18)8-11-24(23,15(2)25)28-16(3)26;16-10-6-11(17)15-12(18)8-13(19-14(15)7-10)9-4-2-1-3-5-9/h12-13,18-20H,6-11H2,1-5H3;1-8,16-17H. The summed E-state index contributed by atoms with van der Waals surface area (Å²) in [4.78, 5) is 48.8. The summed E-state index contributed by atoms with van der Waals surface area (Å²) < 4.78 is 11.4. The van der Waals surface area contributed by atoms with Crippen LogP contribution in [-0.2, 0) is 19.1 Å². The van der Waals surface area contributed by atoms with E-state index in [-0.39, 0.29) is 56.3 Å². The molecule has 3 aromatic rings. The number of esters is 1. The number of Topliss-reactive ketones (excluding diaryl/α,β-unsaturated/α-hetero) is 1. The number of phenols is 2. The Morgan fingerprint density at radius 2 is 1.64 bits per heavy atom. The molecule has 0 saturated heterocycles. The molecular weight excluding hydrogens is 596 g/mol. The molecular formula is C39H42O8. The molecule has 2 fully saturated rings. The third-order valence-electron chi connectivity index (χ3n) is 11.7. The third-order valence-corrected chi connectivity index (χ3v) is 11.7. The molecule has 6 unspecified atom stereocenters. The van der Waals surface area contributed by atoms with Crippen LogP contribution in [0.1, 0.15) is 73.1 Å². The molecule has 1 heterocycles. The molecule has 0 amide bonds. The van der Waals surface area contributed by atoms with Gasteiger partial charge in [-0.05, 0) is 80.8 Å². The molecule has 47 heavy (non-hydrogen) atoms. The molecule has 2 N–H and O–H groups in total. The van der Waals surface area contributed by atoms with Crippen LogP contribution in [0.3, 0.4) is 0 Å².